The Bertz CT molecular complexity index is 808. The van der Waals surface area contributed by atoms with Crippen molar-refractivity contribution in [3.63, 3.8) is 0 Å². The lowest BCUT2D eigenvalue weighted by atomic mass is 10.1. The summed E-state index contributed by atoms with van der Waals surface area (Å²) in [5, 5.41) is 4.63. The molecule has 110 valence electrons. The van der Waals surface area contributed by atoms with Crippen LogP contribution in [0.2, 0.25) is 0 Å². The van der Waals surface area contributed by atoms with Crippen molar-refractivity contribution >= 4 is 22.7 Å². The summed E-state index contributed by atoms with van der Waals surface area (Å²) in [5.41, 5.74) is 1.64. The van der Waals surface area contributed by atoms with Crippen LogP contribution in [-0.4, -0.2) is 23.5 Å². The predicted molar refractivity (Wildman–Crippen MR) is 79.4 cm³/mol. The molecule has 22 heavy (non-hydrogen) atoms. The quantitative estimate of drug-likeness (QED) is 0.534. The monoisotopic (exact) mass is 295 g/mol. The number of ketones is 1. The van der Waals surface area contributed by atoms with Gasteiger partial charge >= 0.3 is 5.97 Å². The van der Waals surface area contributed by atoms with E-state index in [1.54, 1.807) is 30.3 Å². The van der Waals surface area contributed by atoms with Crippen LogP contribution in [0.3, 0.4) is 0 Å². The predicted octanol–water partition coefficient (Wildman–Crippen LogP) is 2.80. The van der Waals surface area contributed by atoms with Gasteiger partial charge in [-0.15, -0.1) is 0 Å². The van der Waals surface area contributed by atoms with Crippen molar-refractivity contribution < 1.29 is 18.8 Å². The highest BCUT2D eigenvalue weighted by Gasteiger charge is 2.14. The van der Waals surface area contributed by atoms with Gasteiger partial charge in [0, 0.05) is 10.9 Å². The number of esters is 1. The second-order valence-corrected chi connectivity index (χ2v) is 4.75. The Hall–Kier alpha value is -2.95. The van der Waals surface area contributed by atoms with Gasteiger partial charge in [-0.25, -0.2) is 0 Å². The first-order valence-electron chi connectivity index (χ1n) is 6.81. The van der Waals surface area contributed by atoms with Gasteiger partial charge in [-0.05, 0) is 12.1 Å². The van der Waals surface area contributed by atoms with E-state index in [9.17, 15) is 9.59 Å². The van der Waals surface area contributed by atoms with E-state index >= 15 is 0 Å². The summed E-state index contributed by atoms with van der Waals surface area (Å²) in [6.07, 6.45) is -0.0287. The Balaban J connectivity index is 1.60. The van der Waals surface area contributed by atoms with Crippen LogP contribution in [-0.2, 0) is 16.0 Å². The van der Waals surface area contributed by atoms with Gasteiger partial charge < -0.3 is 9.26 Å². The maximum atomic E-state index is 11.9. The van der Waals surface area contributed by atoms with Crippen LogP contribution < -0.4 is 0 Å². The van der Waals surface area contributed by atoms with Gasteiger partial charge in [0.1, 0.15) is 5.69 Å². The molecule has 3 aromatic rings. The summed E-state index contributed by atoms with van der Waals surface area (Å²) in [7, 11) is 0. The molecule has 0 saturated carbocycles. The Kier molecular flexibility index (Phi) is 3.96. The topological polar surface area (TPSA) is 69.4 Å². The highest BCUT2D eigenvalue weighted by atomic mass is 16.5. The normalized spacial score (nSPS) is 10.5. The molecule has 1 aromatic heterocycles. The molecule has 0 aliphatic heterocycles. The molecule has 0 saturated heterocycles. The van der Waals surface area contributed by atoms with E-state index in [2.05, 4.69) is 5.16 Å². The average Bonchev–Trinajstić information content (AvgIpc) is 2.97. The minimum absolute atomic E-state index is 0.0287. The maximum Gasteiger partial charge on any atom is 0.312 e. The van der Waals surface area contributed by atoms with Gasteiger partial charge in [0.15, 0.2) is 18.0 Å². The number of Topliss-reactive ketones (excluding diaryl/α,β-unsaturated/α-hetero) is 1. The third-order valence-corrected chi connectivity index (χ3v) is 3.22. The van der Waals surface area contributed by atoms with E-state index in [0.29, 0.717) is 16.8 Å². The number of nitrogens with zero attached hydrogens (tertiary/aromatic N) is 1. The molecule has 5 heteroatoms. The van der Waals surface area contributed by atoms with Gasteiger partial charge in [-0.3, -0.25) is 9.59 Å². The molecule has 0 aliphatic carbocycles. The van der Waals surface area contributed by atoms with Crippen molar-refractivity contribution in [1.82, 2.24) is 5.16 Å². The Labute approximate surface area is 126 Å². The molecule has 0 fully saturated rings. The highest BCUT2D eigenvalue weighted by molar-refractivity contribution is 5.98. The average molecular weight is 295 g/mol. The summed E-state index contributed by atoms with van der Waals surface area (Å²) >= 11 is 0. The van der Waals surface area contributed by atoms with Crippen molar-refractivity contribution in [2.75, 3.05) is 6.61 Å². The van der Waals surface area contributed by atoms with Crippen LogP contribution in [0.5, 0.6) is 0 Å². The zero-order valence-corrected chi connectivity index (χ0v) is 11.7. The molecule has 1 heterocycles. The van der Waals surface area contributed by atoms with E-state index < -0.39 is 5.97 Å². The first kappa shape index (κ1) is 14.0. The third-order valence-electron chi connectivity index (χ3n) is 3.22. The van der Waals surface area contributed by atoms with Crippen LogP contribution in [0.1, 0.15) is 16.1 Å². The van der Waals surface area contributed by atoms with Gasteiger partial charge in [0.05, 0.1) is 6.42 Å². The number of ether oxygens (including phenoxy) is 1. The minimum atomic E-state index is -0.511. The molecule has 0 atom stereocenters. The molecule has 2 aromatic carbocycles. The van der Waals surface area contributed by atoms with Gasteiger partial charge in [-0.1, -0.05) is 47.6 Å². The van der Waals surface area contributed by atoms with E-state index in [1.807, 2.05) is 24.3 Å². The number of aromatic nitrogens is 1. The van der Waals surface area contributed by atoms with Crippen LogP contribution in [0.15, 0.2) is 59.1 Å². The Morgan fingerprint density at radius 1 is 1.00 bits per heavy atom. The minimum Gasteiger partial charge on any atom is -0.457 e. The van der Waals surface area contributed by atoms with E-state index in [0.717, 1.165) is 5.39 Å². The highest BCUT2D eigenvalue weighted by Crippen LogP contribution is 2.18. The Morgan fingerprint density at radius 3 is 2.55 bits per heavy atom. The fourth-order valence-corrected chi connectivity index (χ4v) is 2.11. The molecule has 0 aliphatic rings. The molecule has 0 radical (unpaired) electrons. The van der Waals surface area contributed by atoms with Gasteiger partial charge in [0.25, 0.3) is 0 Å². The lowest BCUT2D eigenvalue weighted by molar-refractivity contribution is -0.141. The van der Waals surface area contributed by atoms with Crippen LogP contribution in [0.25, 0.3) is 11.0 Å². The number of fused-ring (bicyclic) bond motifs is 1. The van der Waals surface area contributed by atoms with E-state index in [1.165, 1.54) is 0 Å². The lowest BCUT2D eigenvalue weighted by Crippen LogP contribution is -2.15. The molecule has 0 bridgehead atoms. The number of carbonyl (C=O) groups is 2. The molecule has 0 amide bonds. The SMILES string of the molecule is O=C(Cc1noc2ccccc12)OCC(=O)c1ccccc1. The summed E-state index contributed by atoms with van der Waals surface area (Å²) in [5.74, 6) is -0.748. The first-order valence-corrected chi connectivity index (χ1v) is 6.81. The van der Waals surface area contributed by atoms with Gasteiger partial charge in [-0.2, -0.15) is 0 Å². The number of benzene rings is 2. The zero-order valence-electron chi connectivity index (χ0n) is 11.7. The number of hydrogen-bond donors (Lipinski definition) is 0. The summed E-state index contributed by atoms with van der Waals surface area (Å²) in [6, 6.07) is 16.0. The summed E-state index contributed by atoms with van der Waals surface area (Å²) in [4.78, 5) is 23.7. The number of carbonyl (C=O) groups excluding carboxylic acids is 2. The van der Waals surface area contributed by atoms with Crippen molar-refractivity contribution in [2.24, 2.45) is 0 Å². The van der Waals surface area contributed by atoms with Crippen LogP contribution in [0, 0.1) is 0 Å². The summed E-state index contributed by atoms with van der Waals surface area (Å²) < 4.78 is 10.1. The second-order valence-electron chi connectivity index (χ2n) is 4.75. The van der Waals surface area contributed by atoms with Crippen LogP contribution in [0.4, 0.5) is 0 Å². The molecule has 0 spiro atoms. The second kappa shape index (κ2) is 6.22. The first-order chi connectivity index (χ1) is 10.7. The van der Waals surface area contributed by atoms with Crippen molar-refractivity contribution in [1.29, 1.82) is 0 Å². The Morgan fingerprint density at radius 2 is 1.73 bits per heavy atom. The van der Waals surface area contributed by atoms with Crippen molar-refractivity contribution in [3.8, 4) is 0 Å². The largest absolute Gasteiger partial charge is 0.457 e. The van der Waals surface area contributed by atoms with Gasteiger partial charge in [0.2, 0.25) is 0 Å². The smallest absolute Gasteiger partial charge is 0.312 e. The molecular formula is C17H13NO4. The maximum absolute atomic E-state index is 11.9. The molecule has 3 rings (SSSR count). The fraction of sp³-hybridized carbons (Fsp3) is 0.118. The van der Waals surface area contributed by atoms with E-state index in [-0.39, 0.29) is 18.8 Å². The molecular weight excluding hydrogens is 282 g/mol. The van der Waals surface area contributed by atoms with E-state index in [4.69, 9.17) is 9.26 Å². The lowest BCUT2D eigenvalue weighted by Gasteiger charge is -2.03. The summed E-state index contributed by atoms with van der Waals surface area (Å²) in [6.45, 7) is -0.279. The number of rotatable bonds is 5. The molecule has 0 N–H and O–H groups in total. The van der Waals surface area contributed by atoms with Crippen molar-refractivity contribution in [3.05, 3.63) is 65.9 Å². The molecule has 5 nitrogen and oxygen atoms in total. The zero-order chi connectivity index (χ0) is 15.4. The van der Waals surface area contributed by atoms with Crippen LogP contribution >= 0.6 is 0 Å². The number of hydrogen-bond acceptors (Lipinski definition) is 5. The van der Waals surface area contributed by atoms with Crippen molar-refractivity contribution in [2.45, 2.75) is 6.42 Å². The third kappa shape index (κ3) is 3.03. The number of para-hydroxylation sites is 1. The standard InChI is InChI=1S/C17H13NO4/c19-15(12-6-2-1-3-7-12)11-21-17(20)10-14-13-8-4-5-9-16(13)22-18-14/h1-9H,10-11H2. The molecule has 0 unspecified atom stereocenters. The fourth-order valence-electron chi connectivity index (χ4n) is 2.11.